The smallest absolute Gasteiger partial charge is 0.310 e. The van der Waals surface area contributed by atoms with Crippen LogP contribution in [-0.2, 0) is 9.53 Å². The van der Waals surface area contributed by atoms with Crippen molar-refractivity contribution in [2.24, 2.45) is 5.92 Å². The van der Waals surface area contributed by atoms with Crippen LogP contribution in [0.2, 0.25) is 0 Å². The van der Waals surface area contributed by atoms with E-state index in [1.807, 2.05) is 7.05 Å². The van der Waals surface area contributed by atoms with Gasteiger partial charge in [0.25, 0.3) is 0 Å². The number of ether oxygens (including phenoxy) is 1. The molecule has 3 atom stereocenters. The predicted molar refractivity (Wildman–Crippen MR) is 59.4 cm³/mol. The number of likely N-dealkylation sites (N-methyl/N-ethyl adjacent to an activating group) is 2. The lowest BCUT2D eigenvalue weighted by Crippen LogP contribution is -2.47. The van der Waals surface area contributed by atoms with E-state index in [1.54, 1.807) is 0 Å². The van der Waals surface area contributed by atoms with Gasteiger partial charge in [-0.15, -0.1) is 0 Å². The molecule has 16 heavy (non-hydrogen) atoms. The van der Waals surface area contributed by atoms with Crippen LogP contribution in [0.3, 0.4) is 0 Å². The Kier molecular flexibility index (Phi) is 3.47. The lowest BCUT2D eigenvalue weighted by molar-refractivity contribution is -0.143. The molecule has 2 heterocycles. The van der Waals surface area contributed by atoms with Crippen LogP contribution in [0.5, 0.6) is 0 Å². The monoisotopic (exact) mass is 228 g/mol. The SMILES string of the molecule is CN1CCC(N(C)C2COCC2C(=O)O)C1. The first kappa shape index (κ1) is 11.8. The number of hydrogen-bond acceptors (Lipinski definition) is 4. The Morgan fingerprint density at radius 3 is 2.81 bits per heavy atom. The molecular formula is C11H20N2O3. The van der Waals surface area contributed by atoms with E-state index in [4.69, 9.17) is 9.84 Å². The average Bonchev–Trinajstić information content (AvgIpc) is 2.84. The Morgan fingerprint density at radius 2 is 2.25 bits per heavy atom. The highest BCUT2D eigenvalue weighted by atomic mass is 16.5. The summed E-state index contributed by atoms with van der Waals surface area (Å²) < 4.78 is 5.30. The summed E-state index contributed by atoms with van der Waals surface area (Å²) in [5.74, 6) is -1.10. The van der Waals surface area contributed by atoms with Crippen molar-refractivity contribution in [3.05, 3.63) is 0 Å². The fraction of sp³-hybridized carbons (Fsp3) is 0.909. The van der Waals surface area contributed by atoms with E-state index >= 15 is 0 Å². The zero-order valence-electron chi connectivity index (χ0n) is 9.93. The van der Waals surface area contributed by atoms with Crippen LogP contribution in [0.15, 0.2) is 0 Å². The van der Waals surface area contributed by atoms with Crippen molar-refractivity contribution in [1.29, 1.82) is 0 Å². The molecule has 0 spiro atoms. The molecule has 2 saturated heterocycles. The summed E-state index contributed by atoms with van der Waals surface area (Å²) in [6.45, 7) is 3.03. The van der Waals surface area contributed by atoms with Crippen molar-refractivity contribution in [2.75, 3.05) is 40.4 Å². The van der Waals surface area contributed by atoms with Gasteiger partial charge in [-0.3, -0.25) is 9.69 Å². The number of carboxylic acid groups (broad SMARTS) is 1. The second-order valence-electron chi connectivity index (χ2n) is 4.92. The molecule has 0 amide bonds. The van der Waals surface area contributed by atoms with E-state index in [-0.39, 0.29) is 12.0 Å². The number of aliphatic carboxylic acids is 1. The predicted octanol–water partition coefficient (Wildman–Crippen LogP) is -0.278. The van der Waals surface area contributed by atoms with Gasteiger partial charge in [-0.1, -0.05) is 0 Å². The third-order valence-electron chi connectivity index (χ3n) is 3.83. The van der Waals surface area contributed by atoms with Gasteiger partial charge < -0.3 is 14.7 Å². The quantitative estimate of drug-likeness (QED) is 0.720. The second kappa shape index (κ2) is 4.69. The maximum atomic E-state index is 11.1. The van der Waals surface area contributed by atoms with Gasteiger partial charge in [0.1, 0.15) is 0 Å². The first-order valence-corrected chi connectivity index (χ1v) is 5.80. The van der Waals surface area contributed by atoms with E-state index in [0.717, 1.165) is 19.5 Å². The van der Waals surface area contributed by atoms with Gasteiger partial charge in [0.2, 0.25) is 0 Å². The minimum absolute atomic E-state index is 0.0361. The first-order valence-electron chi connectivity index (χ1n) is 5.80. The number of hydrogen-bond donors (Lipinski definition) is 1. The molecule has 0 aliphatic carbocycles. The van der Waals surface area contributed by atoms with Gasteiger partial charge in [-0.05, 0) is 27.1 Å². The Labute approximate surface area is 96.0 Å². The van der Waals surface area contributed by atoms with Crippen molar-refractivity contribution in [1.82, 2.24) is 9.80 Å². The van der Waals surface area contributed by atoms with Crippen molar-refractivity contribution < 1.29 is 14.6 Å². The Balaban J connectivity index is 1.98. The fourth-order valence-corrected chi connectivity index (χ4v) is 2.70. The van der Waals surface area contributed by atoms with E-state index in [0.29, 0.717) is 19.3 Å². The highest BCUT2D eigenvalue weighted by Crippen LogP contribution is 2.24. The first-order chi connectivity index (χ1) is 7.59. The summed E-state index contributed by atoms with van der Waals surface area (Å²) >= 11 is 0. The second-order valence-corrected chi connectivity index (χ2v) is 4.92. The van der Waals surface area contributed by atoms with Crippen molar-refractivity contribution >= 4 is 5.97 Å². The summed E-state index contributed by atoms with van der Waals surface area (Å²) in [4.78, 5) is 15.6. The van der Waals surface area contributed by atoms with Gasteiger partial charge in [0.15, 0.2) is 0 Å². The van der Waals surface area contributed by atoms with Gasteiger partial charge >= 0.3 is 5.97 Å². The number of likely N-dealkylation sites (tertiary alicyclic amines) is 1. The summed E-state index contributed by atoms with van der Waals surface area (Å²) in [7, 11) is 4.13. The maximum Gasteiger partial charge on any atom is 0.310 e. The standard InChI is InChI=1S/C11H20N2O3/c1-12-4-3-8(5-12)13(2)10-7-16-6-9(10)11(14)15/h8-10H,3-7H2,1-2H3,(H,14,15). The third kappa shape index (κ3) is 2.21. The average molecular weight is 228 g/mol. The summed E-state index contributed by atoms with van der Waals surface area (Å²) in [6.07, 6.45) is 1.12. The summed E-state index contributed by atoms with van der Waals surface area (Å²) in [5, 5.41) is 9.11. The molecule has 0 saturated carbocycles. The molecule has 1 N–H and O–H groups in total. The molecule has 2 aliphatic heterocycles. The van der Waals surface area contributed by atoms with Crippen LogP contribution in [0.1, 0.15) is 6.42 Å². The zero-order chi connectivity index (χ0) is 11.7. The van der Waals surface area contributed by atoms with Crippen molar-refractivity contribution in [3.8, 4) is 0 Å². The van der Waals surface area contributed by atoms with Gasteiger partial charge in [0.05, 0.1) is 19.1 Å². The number of carboxylic acids is 1. The normalized spacial score (nSPS) is 36.1. The van der Waals surface area contributed by atoms with E-state index in [2.05, 4.69) is 16.8 Å². The largest absolute Gasteiger partial charge is 0.481 e. The molecule has 0 aromatic carbocycles. The molecule has 0 bridgehead atoms. The lowest BCUT2D eigenvalue weighted by Gasteiger charge is -2.31. The highest BCUT2D eigenvalue weighted by molar-refractivity contribution is 5.71. The molecule has 92 valence electrons. The van der Waals surface area contributed by atoms with Gasteiger partial charge in [0, 0.05) is 18.6 Å². The fourth-order valence-electron chi connectivity index (χ4n) is 2.70. The van der Waals surface area contributed by atoms with Crippen LogP contribution in [0.4, 0.5) is 0 Å². The molecule has 0 radical (unpaired) electrons. The van der Waals surface area contributed by atoms with Crippen LogP contribution in [0.25, 0.3) is 0 Å². The van der Waals surface area contributed by atoms with Crippen LogP contribution in [0, 0.1) is 5.92 Å². The maximum absolute atomic E-state index is 11.1. The topological polar surface area (TPSA) is 53.0 Å². The minimum atomic E-state index is -0.735. The molecule has 2 aliphatic rings. The number of carbonyl (C=O) groups is 1. The van der Waals surface area contributed by atoms with Crippen molar-refractivity contribution in [3.63, 3.8) is 0 Å². The van der Waals surface area contributed by atoms with Crippen molar-refractivity contribution in [2.45, 2.75) is 18.5 Å². The van der Waals surface area contributed by atoms with E-state index in [1.165, 1.54) is 0 Å². The molecule has 2 rings (SSSR count). The molecule has 5 heteroatoms. The summed E-state index contributed by atoms with van der Waals surface area (Å²) in [6, 6.07) is 0.507. The minimum Gasteiger partial charge on any atom is -0.481 e. The third-order valence-corrected chi connectivity index (χ3v) is 3.83. The van der Waals surface area contributed by atoms with Crippen LogP contribution < -0.4 is 0 Å². The molecule has 0 aromatic rings. The number of rotatable bonds is 3. The highest BCUT2D eigenvalue weighted by Gasteiger charge is 2.39. The zero-order valence-corrected chi connectivity index (χ0v) is 9.93. The Hall–Kier alpha value is -0.650. The lowest BCUT2D eigenvalue weighted by atomic mass is 10.0. The molecule has 3 unspecified atom stereocenters. The van der Waals surface area contributed by atoms with Gasteiger partial charge in [-0.25, -0.2) is 0 Å². The Morgan fingerprint density at radius 1 is 1.50 bits per heavy atom. The summed E-state index contributed by atoms with van der Waals surface area (Å²) in [5.41, 5.74) is 0. The Bertz CT molecular complexity index is 272. The van der Waals surface area contributed by atoms with E-state index in [9.17, 15) is 4.79 Å². The van der Waals surface area contributed by atoms with Crippen LogP contribution >= 0.6 is 0 Å². The van der Waals surface area contributed by atoms with Crippen LogP contribution in [-0.4, -0.2) is 73.4 Å². The van der Waals surface area contributed by atoms with E-state index < -0.39 is 5.97 Å². The number of nitrogens with zero attached hydrogens (tertiary/aromatic N) is 2. The molecule has 2 fully saturated rings. The molecule has 0 aromatic heterocycles. The molecular weight excluding hydrogens is 208 g/mol. The van der Waals surface area contributed by atoms with Gasteiger partial charge in [-0.2, -0.15) is 0 Å². The molecule has 5 nitrogen and oxygen atoms in total.